The summed E-state index contributed by atoms with van der Waals surface area (Å²) in [6, 6.07) is 15.7. The van der Waals surface area contributed by atoms with Gasteiger partial charge in [-0.1, -0.05) is 48.5 Å². The highest BCUT2D eigenvalue weighted by atomic mass is 16.7. The number of aliphatic hydroxyl groups excluding tert-OH is 2. The maximum absolute atomic E-state index is 12.0. The molecule has 0 saturated carbocycles. The number of ether oxygens (including phenoxy) is 2. The van der Waals surface area contributed by atoms with Gasteiger partial charge in [-0.2, -0.15) is 0 Å². The second-order valence-corrected chi connectivity index (χ2v) is 10.1. The summed E-state index contributed by atoms with van der Waals surface area (Å²) in [5.41, 5.74) is 3.68. The highest BCUT2D eigenvalue weighted by Crippen LogP contribution is 2.38. The molecule has 0 aliphatic carbocycles. The third-order valence-electron chi connectivity index (χ3n) is 7.30. The Morgan fingerprint density at radius 2 is 1.66 bits per heavy atom. The summed E-state index contributed by atoms with van der Waals surface area (Å²) >= 11 is 0. The number of rotatable bonds is 12. The van der Waals surface area contributed by atoms with E-state index in [9.17, 15) is 19.8 Å². The van der Waals surface area contributed by atoms with Crippen LogP contribution in [0.5, 0.6) is 0 Å². The summed E-state index contributed by atoms with van der Waals surface area (Å²) in [6.45, 7) is 2.17. The maximum atomic E-state index is 12.0. The minimum atomic E-state index is -0.902. The molecule has 4 N–H and O–H groups in total. The Hall–Kier alpha value is -2.82. The molecule has 9 nitrogen and oxygen atoms in total. The van der Waals surface area contributed by atoms with Crippen LogP contribution in [0.3, 0.4) is 0 Å². The number of nitrogens with zero attached hydrogens (tertiary/aromatic N) is 1. The van der Waals surface area contributed by atoms with Crippen LogP contribution in [-0.2, 0) is 32.2 Å². The van der Waals surface area contributed by atoms with Crippen molar-refractivity contribution in [2.75, 3.05) is 19.7 Å². The van der Waals surface area contributed by atoms with Gasteiger partial charge in [-0.05, 0) is 42.5 Å². The topological polar surface area (TPSA) is 129 Å². The van der Waals surface area contributed by atoms with E-state index < -0.39 is 12.3 Å². The molecule has 0 aromatic heterocycles. The Morgan fingerprint density at radius 3 is 2.34 bits per heavy atom. The average Bonchev–Trinajstić information content (AvgIpc) is 3.39. The molecule has 2 aromatic rings. The van der Waals surface area contributed by atoms with E-state index >= 15 is 0 Å². The minimum Gasteiger partial charge on any atom is -0.481 e. The van der Waals surface area contributed by atoms with Crippen molar-refractivity contribution in [1.82, 2.24) is 10.2 Å². The van der Waals surface area contributed by atoms with Crippen LogP contribution in [0.4, 0.5) is 0 Å². The number of aliphatic hydroxyl groups is 2. The van der Waals surface area contributed by atoms with Gasteiger partial charge in [0.25, 0.3) is 0 Å². The van der Waals surface area contributed by atoms with Crippen LogP contribution in [0.15, 0.2) is 48.5 Å². The van der Waals surface area contributed by atoms with Gasteiger partial charge in [-0.3, -0.25) is 14.5 Å². The van der Waals surface area contributed by atoms with Crippen LogP contribution in [0, 0.1) is 0 Å². The largest absolute Gasteiger partial charge is 0.481 e. The lowest BCUT2D eigenvalue weighted by molar-refractivity contribution is -0.253. The van der Waals surface area contributed by atoms with E-state index in [-0.39, 0.29) is 50.2 Å². The van der Waals surface area contributed by atoms with Gasteiger partial charge >= 0.3 is 5.97 Å². The molecule has 2 aliphatic rings. The Labute approximate surface area is 223 Å². The molecule has 2 saturated heterocycles. The number of hydrogen-bond donors (Lipinski definition) is 4. The lowest BCUT2D eigenvalue weighted by Crippen LogP contribution is -2.42. The normalized spacial score (nSPS) is 23.8. The first-order valence-electron chi connectivity index (χ1n) is 13.4. The van der Waals surface area contributed by atoms with Crippen LogP contribution in [0.25, 0.3) is 0 Å². The zero-order valence-corrected chi connectivity index (χ0v) is 21.6. The van der Waals surface area contributed by atoms with Gasteiger partial charge in [0.05, 0.1) is 25.4 Å². The molecular weight excluding hydrogens is 488 g/mol. The first-order chi connectivity index (χ1) is 18.4. The molecule has 1 amide bonds. The van der Waals surface area contributed by atoms with E-state index in [0.717, 1.165) is 48.2 Å². The lowest BCUT2D eigenvalue weighted by atomic mass is 9.99. The molecule has 0 bridgehead atoms. The molecule has 4 rings (SSSR count). The van der Waals surface area contributed by atoms with Crippen LogP contribution in [0.1, 0.15) is 73.2 Å². The number of carboxylic acid groups (broad SMARTS) is 1. The van der Waals surface area contributed by atoms with Gasteiger partial charge in [0.2, 0.25) is 5.91 Å². The van der Waals surface area contributed by atoms with Crippen LogP contribution in [-0.4, -0.2) is 63.9 Å². The summed E-state index contributed by atoms with van der Waals surface area (Å²) in [6.07, 6.45) is 2.42. The molecule has 2 heterocycles. The first-order valence-corrected chi connectivity index (χ1v) is 13.4. The van der Waals surface area contributed by atoms with Crippen molar-refractivity contribution in [3.63, 3.8) is 0 Å². The fourth-order valence-electron chi connectivity index (χ4n) is 5.12. The summed E-state index contributed by atoms with van der Waals surface area (Å²) in [5.74, 6) is -1.07. The molecule has 2 fully saturated rings. The van der Waals surface area contributed by atoms with Crippen molar-refractivity contribution < 1.29 is 34.4 Å². The number of amides is 1. The molecule has 0 spiro atoms. The SMILES string of the molecule is O=C(O)CCCC(=O)NCc1ccc(C2OC(CN3CCCC3CO)CC(c3ccc(CO)cc3)O2)cc1. The molecule has 2 aromatic carbocycles. The molecule has 4 unspecified atom stereocenters. The minimum absolute atomic E-state index is 0.00713. The highest BCUT2D eigenvalue weighted by molar-refractivity contribution is 5.76. The number of nitrogens with one attached hydrogen (secondary N) is 1. The fourth-order valence-corrected chi connectivity index (χ4v) is 5.12. The Kier molecular flexibility index (Phi) is 10.3. The van der Waals surface area contributed by atoms with Gasteiger partial charge in [0.1, 0.15) is 0 Å². The van der Waals surface area contributed by atoms with Crippen molar-refractivity contribution in [2.24, 2.45) is 0 Å². The van der Waals surface area contributed by atoms with E-state index in [1.54, 1.807) is 0 Å². The molecule has 0 radical (unpaired) electrons. The lowest BCUT2D eigenvalue weighted by Gasteiger charge is -2.38. The molecule has 206 valence electrons. The highest BCUT2D eigenvalue weighted by Gasteiger charge is 2.35. The van der Waals surface area contributed by atoms with E-state index in [4.69, 9.17) is 14.6 Å². The van der Waals surface area contributed by atoms with Gasteiger partial charge in [0.15, 0.2) is 6.29 Å². The fraction of sp³-hybridized carbons (Fsp3) is 0.517. The second-order valence-electron chi connectivity index (χ2n) is 10.1. The first kappa shape index (κ1) is 28.2. The van der Waals surface area contributed by atoms with E-state index in [2.05, 4.69) is 10.2 Å². The van der Waals surface area contributed by atoms with Crippen molar-refractivity contribution >= 4 is 11.9 Å². The number of carbonyl (C=O) groups is 2. The monoisotopic (exact) mass is 526 g/mol. The maximum Gasteiger partial charge on any atom is 0.303 e. The second kappa shape index (κ2) is 13.8. The van der Waals surface area contributed by atoms with Gasteiger partial charge in [-0.15, -0.1) is 0 Å². The van der Waals surface area contributed by atoms with Crippen LogP contribution in [0.2, 0.25) is 0 Å². The number of benzene rings is 2. The third-order valence-corrected chi connectivity index (χ3v) is 7.30. The van der Waals surface area contributed by atoms with Crippen LogP contribution >= 0.6 is 0 Å². The quantitative estimate of drug-likeness (QED) is 0.332. The zero-order chi connectivity index (χ0) is 26.9. The van der Waals surface area contributed by atoms with Crippen molar-refractivity contribution in [1.29, 1.82) is 0 Å². The van der Waals surface area contributed by atoms with E-state index in [1.807, 2.05) is 48.5 Å². The summed E-state index contributed by atoms with van der Waals surface area (Å²) in [5, 5.41) is 30.7. The van der Waals surface area contributed by atoms with Gasteiger partial charge in [0, 0.05) is 44.0 Å². The molecule has 2 aliphatic heterocycles. The Balaban J connectivity index is 1.41. The number of carboxylic acids is 1. The molecular formula is C29H38N2O7. The number of hydrogen-bond acceptors (Lipinski definition) is 7. The Bertz CT molecular complexity index is 1040. The van der Waals surface area contributed by atoms with E-state index in [1.165, 1.54) is 0 Å². The number of aliphatic carboxylic acids is 1. The number of likely N-dealkylation sites (tertiary alicyclic amines) is 1. The molecule has 38 heavy (non-hydrogen) atoms. The molecule has 9 heteroatoms. The molecule has 4 atom stereocenters. The predicted molar refractivity (Wildman–Crippen MR) is 140 cm³/mol. The Morgan fingerprint density at radius 1 is 0.947 bits per heavy atom. The predicted octanol–water partition coefficient (Wildman–Crippen LogP) is 3.05. The third kappa shape index (κ3) is 7.85. The smallest absolute Gasteiger partial charge is 0.303 e. The van der Waals surface area contributed by atoms with Gasteiger partial charge in [-0.25, -0.2) is 0 Å². The van der Waals surface area contributed by atoms with Crippen molar-refractivity contribution in [2.45, 2.75) is 76.2 Å². The van der Waals surface area contributed by atoms with Crippen molar-refractivity contribution in [3.05, 3.63) is 70.8 Å². The van der Waals surface area contributed by atoms with Crippen LogP contribution < -0.4 is 5.32 Å². The average molecular weight is 527 g/mol. The van der Waals surface area contributed by atoms with Crippen molar-refractivity contribution in [3.8, 4) is 0 Å². The zero-order valence-electron chi connectivity index (χ0n) is 21.6. The van der Waals surface area contributed by atoms with E-state index in [0.29, 0.717) is 19.4 Å². The number of carbonyl (C=O) groups excluding carboxylic acids is 1. The summed E-state index contributed by atoms with van der Waals surface area (Å²) in [4.78, 5) is 24.9. The van der Waals surface area contributed by atoms with Gasteiger partial charge < -0.3 is 30.1 Å². The summed E-state index contributed by atoms with van der Waals surface area (Å²) < 4.78 is 12.8. The standard InChI is InChI=1S/C29H38N2O7/c32-18-21-8-10-22(11-9-21)26-15-25(17-31-14-2-3-24(31)19-33)37-29(38-26)23-12-6-20(7-13-23)16-30-27(34)4-1-5-28(35)36/h6-13,24-26,29,32-33H,1-5,14-19H2,(H,30,34)(H,35,36). The summed E-state index contributed by atoms with van der Waals surface area (Å²) in [7, 11) is 0.